The molecule has 19 heavy (non-hydrogen) atoms. The van der Waals surface area contributed by atoms with Gasteiger partial charge in [0.15, 0.2) is 5.75 Å². The van der Waals surface area contributed by atoms with E-state index in [0.717, 1.165) is 36.8 Å². The lowest BCUT2D eigenvalue weighted by atomic mass is 10.1. The Morgan fingerprint density at radius 3 is 3.11 bits per heavy atom. The van der Waals surface area contributed by atoms with Crippen molar-refractivity contribution in [3.63, 3.8) is 0 Å². The van der Waals surface area contributed by atoms with Crippen molar-refractivity contribution < 1.29 is 9.47 Å². The third kappa shape index (κ3) is 2.94. The highest BCUT2D eigenvalue weighted by molar-refractivity contribution is 5.33. The molecule has 0 bridgehead atoms. The molecule has 1 aliphatic heterocycles. The van der Waals surface area contributed by atoms with E-state index in [1.54, 1.807) is 10.9 Å². The van der Waals surface area contributed by atoms with Crippen molar-refractivity contribution >= 4 is 0 Å². The van der Waals surface area contributed by atoms with Crippen molar-refractivity contribution in [2.45, 2.75) is 6.10 Å². The minimum Gasteiger partial charge on any atom is -0.454 e. The second kappa shape index (κ2) is 5.42. The molecular weight excluding hydrogens is 242 g/mol. The number of benzene rings is 1. The average molecular weight is 259 g/mol. The number of ether oxygens (including phenoxy) is 2. The summed E-state index contributed by atoms with van der Waals surface area (Å²) in [7, 11) is 1.87. The Bertz CT molecular complexity index is 547. The monoisotopic (exact) mass is 259 g/mol. The lowest BCUT2D eigenvalue weighted by Crippen LogP contribution is -2.33. The molecule has 3 rings (SSSR count). The Morgan fingerprint density at radius 1 is 1.42 bits per heavy atom. The number of aromatic nitrogens is 2. The van der Waals surface area contributed by atoms with Crippen LogP contribution in [0.4, 0.5) is 0 Å². The van der Waals surface area contributed by atoms with Gasteiger partial charge in [0.25, 0.3) is 0 Å². The fourth-order valence-corrected chi connectivity index (χ4v) is 2.15. The smallest absolute Gasteiger partial charge is 0.165 e. The van der Waals surface area contributed by atoms with Crippen LogP contribution >= 0.6 is 0 Å². The lowest BCUT2D eigenvalue weighted by molar-refractivity contribution is 0.0276. The molecule has 0 aliphatic carbocycles. The molecule has 0 unspecified atom stereocenters. The third-order valence-electron chi connectivity index (χ3n) is 3.07. The van der Waals surface area contributed by atoms with Crippen LogP contribution < -0.4 is 10.1 Å². The molecule has 0 radical (unpaired) electrons. The van der Waals surface area contributed by atoms with Crippen molar-refractivity contribution in [3.8, 4) is 11.5 Å². The maximum atomic E-state index is 5.77. The summed E-state index contributed by atoms with van der Waals surface area (Å²) in [6.07, 6.45) is 3.64. The number of hydrogen-bond donors (Lipinski definition) is 1. The molecule has 0 spiro atoms. The first kappa shape index (κ1) is 12.2. The minimum absolute atomic E-state index is 0.103. The summed E-state index contributed by atoms with van der Waals surface area (Å²) in [5.41, 5.74) is 1.13. The molecule has 1 aromatic carbocycles. The van der Waals surface area contributed by atoms with E-state index in [4.69, 9.17) is 9.47 Å². The van der Waals surface area contributed by atoms with E-state index < -0.39 is 0 Å². The molecular formula is C14H17N3O2. The molecule has 0 saturated carbocycles. The van der Waals surface area contributed by atoms with E-state index in [2.05, 4.69) is 16.5 Å². The van der Waals surface area contributed by atoms with Crippen LogP contribution in [0, 0.1) is 0 Å². The molecule has 2 heterocycles. The van der Waals surface area contributed by atoms with Crippen LogP contribution in [0.5, 0.6) is 11.5 Å². The maximum absolute atomic E-state index is 5.77. The number of aryl methyl sites for hydroxylation is 1. The van der Waals surface area contributed by atoms with Crippen LogP contribution in [0.3, 0.4) is 0 Å². The predicted octanol–water partition coefficient (Wildman–Crippen LogP) is 1.87. The van der Waals surface area contributed by atoms with Crippen molar-refractivity contribution in [1.29, 1.82) is 0 Å². The van der Waals surface area contributed by atoms with Gasteiger partial charge in [0.05, 0.1) is 25.1 Å². The Hall–Kier alpha value is -1.85. The third-order valence-corrected chi connectivity index (χ3v) is 3.07. The summed E-state index contributed by atoms with van der Waals surface area (Å²) in [4.78, 5) is 0. The van der Waals surface area contributed by atoms with Gasteiger partial charge in [-0.3, -0.25) is 4.68 Å². The zero-order chi connectivity index (χ0) is 13.1. The van der Waals surface area contributed by atoms with E-state index >= 15 is 0 Å². The lowest BCUT2D eigenvalue weighted by Gasteiger charge is -2.24. The molecule has 1 aliphatic rings. The topological polar surface area (TPSA) is 48.3 Å². The SMILES string of the molecule is Cn1cc(Oc2cccc([C@@H]3CNCCO3)c2)cn1. The Kier molecular flexibility index (Phi) is 3.48. The molecule has 1 N–H and O–H groups in total. The van der Waals surface area contributed by atoms with Gasteiger partial charge in [-0.25, -0.2) is 0 Å². The number of nitrogens with zero attached hydrogens (tertiary/aromatic N) is 2. The van der Waals surface area contributed by atoms with Gasteiger partial charge in [0, 0.05) is 20.1 Å². The molecule has 100 valence electrons. The first-order valence-electron chi connectivity index (χ1n) is 6.40. The normalized spacial score (nSPS) is 19.3. The van der Waals surface area contributed by atoms with Gasteiger partial charge < -0.3 is 14.8 Å². The van der Waals surface area contributed by atoms with Crippen LogP contribution in [-0.4, -0.2) is 29.5 Å². The number of rotatable bonds is 3. The molecule has 5 heteroatoms. The summed E-state index contributed by atoms with van der Waals surface area (Å²) >= 11 is 0. The standard InChI is InChI=1S/C14H17N3O2/c1-17-10-13(8-16-17)19-12-4-2-3-11(7-12)14-9-15-5-6-18-14/h2-4,7-8,10,14-15H,5-6,9H2,1H3/t14-/m0/s1. The Morgan fingerprint density at radius 2 is 2.37 bits per heavy atom. The highest BCUT2D eigenvalue weighted by Gasteiger charge is 2.16. The molecule has 5 nitrogen and oxygen atoms in total. The highest BCUT2D eigenvalue weighted by atomic mass is 16.5. The van der Waals surface area contributed by atoms with Crippen LogP contribution in [0.2, 0.25) is 0 Å². The summed E-state index contributed by atoms with van der Waals surface area (Å²) in [5.74, 6) is 1.54. The van der Waals surface area contributed by atoms with Gasteiger partial charge in [0.1, 0.15) is 5.75 Å². The van der Waals surface area contributed by atoms with Gasteiger partial charge in [0.2, 0.25) is 0 Å². The van der Waals surface area contributed by atoms with Gasteiger partial charge in [-0.2, -0.15) is 5.10 Å². The number of nitrogens with one attached hydrogen (secondary N) is 1. The first-order valence-corrected chi connectivity index (χ1v) is 6.40. The van der Waals surface area contributed by atoms with Gasteiger partial charge in [-0.05, 0) is 17.7 Å². The van der Waals surface area contributed by atoms with Crippen molar-refractivity contribution in [2.24, 2.45) is 7.05 Å². The summed E-state index contributed by atoms with van der Waals surface area (Å²) in [6, 6.07) is 8.00. The van der Waals surface area contributed by atoms with E-state index in [1.165, 1.54) is 0 Å². The fraction of sp³-hybridized carbons (Fsp3) is 0.357. The van der Waals surface area contributed by atoms with Crippen LogP contribution in [0.25, 0.3) is 0 Å². The van der Waals surface area contributed by atoms with Crippen LogP contribution in [0.15, 0.2) is 36.7 Å². The van der Waals surface area contributed by atoms with Gasteiger partial charge in [-0.1, -0.05) is 12.1 Å². The highest BCUT2D eigenvalue weighted by Crippen LogP contribution is 2.26. The minimum atomic E-state index is 0.103. The zero-order valence-electron chi connectivity index (χ0n) is 10.9. The summed E-state index contributed by atoms with van der Waals surface area (Å²) in [5, 5.41) is 7.41. The number of hydrogen-bond acceptors (Lipinski definition) is 4. The average Bonchev–Trinajstić information content (AvgIpc) is 2.85. The van der Waals surface area contributed by atoms with Gasteiger partial charge in [-0.15, -0.1) is 0 Å². The molecule has 2 aromatic rings. The van der Waals surface area contributed by atoms with Gasteiger partial charge >= 0.3 is 0 Å². The maximum Gasteiger partial charge on any atom is 0.165 e. The number of morpholine rings is 1. The van der Waals surface area contributed by atoms with Crippen molar-refractivity contribution in [1.82, 2.24) is 15.1 Å². The predicted molar refractivity (Wildman–Crippen MR) is 71.3 cm³/mol. The van der Waals surface area contributed by atoms with Crippen LogP contribution in [0.1, 0.15) is 11.7 Å². The first-order chi connectivity index (χ1) is 9.31. The van der Waals surface area contributed by atoms with E-state index in [1.807, 2.05) is 31.4 Å². The van der Waals surface area contributed by atoms with Crippen molar-refractivity contribution in [2.75, 3.05) is 19.7 Å². The molecule has 1 fully saturated rings. The second-order valence-corrected chi connectivity index (χ2v) is 4.59. The quantitative estimate of drug-likeness (QED) is 0.914. The summed E-state index contributed by atoms with van der Waals surface area (Å²) in [6.45, 7) is 2.51. The molecule has 1 saturated heterocycles. The van der Waals surface area contributed by atoms with Crippen molar-refractivity contribution in [3.05, 3.63) is 42.2 Å². The zero-order valence-corrected chi connectivity index (χ0v) is 10.9. The van der Waals surface area contributed by atoms with E-state index in [0.29, 0.717) is 0 Å². The largest absolute Gasteiger partial charge is 0.454 e. The Balaban J connectivity index is 1.75. The van der Waals surface area contributed by atoms with Crippen LogP contribution in [-0.2, 0) is 11.8 Å². The van der Waals surface area contributed by atoms with E-state index in [-0.39, 0.29) is 6.10 Å². The molecule has 1 atom stereocenters. The fourth-order valence-electron chi connectivity index (χ4n) is 2.15. The van der Waals surface area contributed by atoms with E-state index in [9.17, 15) is 0 Å². The molecule has 1 aromatic heterocycles. The summed E-state index contributed by atoms with van der Waals surface area (Å²) < 4.78 is 13.2. The Labute approximate surface area is 112 Å². The molecule has 0 amide bonds. The second-order valence-electron chi connectivity index (χ2n) is 4.59.